The lowest BCUT2D eigenvalue weighted by molar-refractivity contribution is 0.132. The zero-order chi connectivity index (χ0) is 11.9. The number of ether oxygens (including phenoxy) is 1. The predicted octanol–water partition coefficient (Wildman–Crippen LogP) is 2.27. The third kappa shape index (κ3) is 10.1. The summed E-state index contributed by atoms with van der Waals surface area (Å²) in [5.41, 5.74) is 0.175. The van der Waals surface area contributed by atoms with Gasteiger partial charge in [-0.1, -0.05) is 0 Å². The van der Waals surface area contributed by atoms with E-state index in [4.69, 9.17) is 0 Å². The van der Waals surface area contributed by atoms with Gasteiger partial charge >= 0.3 is 6.09 Å². The van der Waals surface area contributed by atoms with Crippen LogP contribution in [0.2, 0.25) is 0 Å². The number of halogens is 1. The van der Waals surface area contributed by atoms with Gasteiger partial charge in [0, 0.05) is 19.1 Å². The van der Waals surface area contributed by atoms with Crippen molar-refractivity contribution in [1.29, 1.82) is 0 Å². The SMILES string of the molecule is COC(=O)N(C)CCCCNC(C)(C)C.Cl. The molecular weight excluding hydrogens is 228 g/mol. The molecule has 0 bridgehead atoms. The Hall–Kier alpha value is -0.480. The van der Waals surface area contributed by atoms with E-state index < -0.39 is 0 Å². The Morgan fingerprint density at radius 1 is 1.31 bits per heavy atom. The molecule has 0 aromatic heterocycles. The first-order valence-electron chi connectivity index (χ1n) is 5.41. The van der Waals surface area contributed by atoms with Crippen molar-refractivity contribution in [3.63, 3.8) is 0 Å². The lowest BCUT2D eigenvalue weighted by Gasteiger charge is -2.21. The fourth-order valence-electron chi connectivity index (χ4n) is 1.18. The second-order valence-electron chi connectivity index (χ2n) is 4.78. The number of carbonyl (C=O) groups is 1. The van der Waals surface area contributed by atoms with Crippen molar-refractivity contribution in [3.8, 4) is 0 Å². The first-order valence-corrected chi connectivity index (χ1v) is 5.41. The van der Waals surface area contributed by atoms with Gasteiger partial charge in [-0.3, -0.25) is 0 Å². The van der Waals surface area contributed by atoms with Crippen LogP contribution < -0.4 is 5.32 Å². The number of rotatable bonds is 5. The molecule has 4 nitrogen and oxygen atoms in total. The van der Waals surface area contributed by atoms with Gasteiger partial charge in [-0.15, -0.1) is 12.4 Å². The largest absolute Gasteiger partial charge is 0.453 e. The molecule has 1 N–H and O–H groups in total. The molecule has 0 heterocycles. The molecule has 0 spiro atoms. The quantitative estimate of drug-likeness (QED) is 0.764. The van der Waals surface area contributed by atoms with Crippen molar-refractivity contribution in [1.82, 2.24) is 10.2 Å². The van der Waals surface area contributed by atoms with Gasteiger partial charge in [0.15, 0.2) is 0 Å². The average molecular weight is 253 g/mol. The molecule has 0 rings (SSSR count). The summed E-state index contributed by atoms with van der Waals surface area (Å²) >= 11 is 0. The molecule has 0 saturated heterocycles. The first kappa shape index (κ1) is 17.9. The molecule has 0 saturated carbocycles. The number of unbranched alkanes of at least 4 members (excludes halogenated alkanes) is 1. The topological polar surface area (TPSA) is 41.6 Å². The lowest BCUT2D eigenvalue weighted by Crippen LogP contribution is -2.36. The van der Waals surface area contributed by atoms with Gasteiger partial charge in [0.1, 0.15) is 0 Å². The number of nitrogens with zero attached hydrogens (tertiary/aromatic N) is 1. The Balaban J connectivity index is 0. The number of carbonyl (C=O) groups excluding carboxylic acids is 1. The Morgan fingerprint density at radius 2 is 1.88 bits per heavy atom. The smallest absolute Gasteiger partial charge is 0.409 e. The number of amides is 1. The zero-order valence-corrected chi connectivity index (χ0v) is 11.8. The summed E-state index contributed by atoms with van der Waals surface area (Å²) in [5.74, 6) is 0. The first-order chi connectivity index (χ1) is 6.87. The molecule has 0 aromatic rings. The van der Waals surface area contributed by atoms with E-state index in [1.54, 1.807) is 11.9 Å². The molecule has 98 valence electrons. The highest BCUT2D eigenvalue weighted by Gasteiger charge is 2.09. The molecule has 16 heavy (non-hydrogen) atoms. The van der Waals surface area contributed by atoms with E-state index in [1.807, 2.05) is 0 Å². The molecule has 0 aliphatic carbocycles. The molecule has 0 atom stereocenters. The third-order valence-electron chi connectivity index (χ3n) is 2.06. The Kier molecular flexibility index (Phi) is 9.67. The van der Waals surface area contributed by atoms with Crippen LogP contribution in [0.25, 0.3) is 0 Å². The van der Waals surface area contributed by atoms with Gasteiger partial charge in [0.25, 0.3) is 0 Å². The van der Waals surface area contributed by atoms with Crippen molar-refractivity contribution in [3.05, 3.63) is 0 Å². The van der Waals surface area contributed by atoms with E-state index in [0.717, 1.165) is 25.9 Å². The molecule has 0 fully saturated rings. The highest BCUT2D eigenvalue weighted by atomic mass is 35.5. The molecule has 5 heteroatoms. The summed E-state index contributed by atoms with van der Waals surface area (Å²) in [5, 5.41) is 3.40. The molecule has 0 aromatic carbocycles. The van der Waals surface area contributed by atoms with Gasteiger partial charge in [-0.05, 0) is 40.2 Å². The average Bonchev–Trinajstić information content (AvgIpc) is 2.14. The van der Waals surface area contributed by atoms with Crippen LogP contribution in [0.3, 0.4) is 0 Å². The third-order valence-corrected chi connectivity index (χ3v) is 2.06. The summed E-state index contributed by atoms with van der Waals surface area (Å²) in [6, 6.07) is 0. The number of hydrogen-bond donors (Lipinski definition) is 1. The number of methoxy groups -OCH3 is 1. The Bertz CT molecular complexity index is 193. The van der Waals surface area contributed by atoms with Crippen LogP contribution in [0, 0.1) is 0 Å². The van der Waals surface area contributed by atoms with Crippen molar-refractivity contribution >= 4 is 18.5 Å². The van der Waals surface area contributed by atoms with Crippen LogP contribution in [-0.4, -0.2) is 43.8 Å². The van der Waals surface area contributed by atoms with Crippen molar-refractivity contribution in [2.45, 2.75) is 39.2 Å². The van der Waals surface area contributed by atoms with Crippen molar-refractivity contribution in [2.75, 3.05) is 27.2 Å². The highest BCUT2D eigenvalue weighted by molar-refractivity contribution is 5.85. The second-order valence-corrected chi connectivity index (χ2v) is 4.78. The van der Waals surface area contributed by atoms with Crippen molar-refractivity contribution in [2.24, 2.45) is 0 Å². The van der Waals surface area contributed by atoms with Crippen LogP contribution >= 0.6 is 12.4 Å². The summed E-state index contributed by atoms with van der Waals surface area (Å²) < 4.78 is 4.59. The molecule has 0 radical (unpaired) electrons. The van der Waals surface area contributed by atoms with Crippen LogP contribution in [0.1, 0.15) is 33.6 Å². The van der Waals surface area contributed by atoms with Crippen LogP contribution in [0.4, 0.5) is 4.79 Å². The monoisotopic (exact) mass is 252 g/mol. The number of nitrogens with one attached hydrogen (secondary N) is 1. The lowest BCUT2D eigenvalue weighted by atomic mass is 10.1. The number of hydrogen-bond acceptors (Lipinski definition) is 3. The van der Waals surface area contributed by atoms with Gasteiger partial charge < -0.3 is 15.0 Å². The maximum Gasteiger partial charge on any atom is 0.409 e. The summed E-state index contributed by atoms with van der Waals surface area (Å²) in [7, 11) is 3.16. The summed E-state index contributed by atoms with van der Waals surface area (Å²) in [4.78, 5) is 12.6. The maximum absolute atomic E-state index is 11.0. The Morgan fingerprint density at radius 3 is 2.31 bits per heavy atom. The van der Waals surface area contributed by atoms with E-state index in [1.165, 1.54) is 7.11 Å². The van der Waals surface area contributed by atoms with E-state index in [-0.39, 0.29) is 24.0 Å². The summed E-state index contributed by atoms with van der Waals surface area (Å²) in [6.45, 7) is 8.17. The minimum absolute atomic E-state index is 0. The molecule has 0 unspecified atom stereocenters. The van der Waals surface area contributed by atoms with E-state index >= 15 is 0 Å². The van der Waals surface area contributed by atoms with Crippen LogP contribution in [0.5, 0.6) is 0 Å². The normalized spacial score (nSPS) is 10.6. The van der Waals surface area contributed by atoms with Gasteiger partial charge in [-0.25, -0.2) is 4.79 Å². The molecule has 1 amide bonds. The summed E-state index contributed by atoms with van der Waals surface area (Å²) in [6.07, 6.45) is 1.80. The predicted molar refractivity (Wildman–Crippen MR) is 69.3 cm³/mol. The maximum atomic E-state index is 11.0. The van der Waals surface area contributed by atoms with E-state index in [2.05, 4.69) is 30.8 Å². The minimum Gasteiger partial charge on any atom is -0.453 e. The fourth-order valence-corrected chi connectivity index (χ4v) is 1.18. The minimum atomic E-state index is -0.265. The van der Waals surface area contributed by atoms with Gasteiger partial charge in [0.05, 0.1) is 7.11 Å². The van der Waals surface area contributed by atoms with E-state index in [9.17, 15) is 4.79 Å². The second kappa shape index (κ2) is 8.65. The van der Waals surface area contributed by atoms with Crippen molar-refractivity contribution < 1.29 is 9.53 Å². The fraction of sp³-hybridized carbons (Fsp3) is 0.909. The van der Waals surface area contributed by atoms with Crippen LogP contribution in [-0.2, 0) is 4.74 Å². The van der Waals surface area contributed by atoms with Gasteiger partial charge in [0.2, 0.25) is 0 Å². The van der Waals surface area contributed by atoms with Gasteiger partial charge in [-0.2, -0.15) is 0 Å². The van der Waals surface area contributed by atoms with Crippen LogP contribution in [0.15, 0.2) is 0 Å². The highest BCUT2D eigenvalue weighted by Crippen LogP contribution is 2.00. The standard InChI is InChI=1S/C11H24N2O2.ClH/c1-11(2,3)12-8-6-7-9-13(4)10(14)15-5;/h12H,6-9H2,1-5H3;1H. The molecule has 0 aliphatic heterocycles. The molecule has 0 aliphatic rings. The molecular formula is C11H25ClN2O2. The Labute approximate surface area is 105 Å². The zero-order valence-electron chi connectivity index (χ0n) is 11.0. The van der Waals surface area contributed by atoms with E-state index in [0.29, 0.717) is 0 Å².